The van der Waals surface area contributed by atoms with Gasteiger partial charge < -0.3 is 9.67 Å². The van der Waals surface area contributed by atoms with Crippen LogP contribution in [0.25, 0.3) is 33.9 Å². The Morgan fingerprint density at radius 1 is 0.919 bits per heavy atom. The molecule has 0 fully saturated rings. The quantitative estimate of drug-likeness (QED) is 0.214. The number of halogens is 3. The van der Waals surface area contributed by atoms with Crippen molar-refractivity contribution in [1.29, 1.82) is 0 Å². The van der Waals surface area contributed by atoms with Crippen LogP contribution >= 0.6 is 46.1 Å². The van der Waals surface area contributed by atoms with Gasteiger partial charge in [0.2, 0.25) is 0 Å². The lowest BCUT2D eigenvalue weighted by atomic mass is 10.1. The Balaban J connectivity index is 1.46. The van der Waals surface area contributed by atoms with Crippen LogP contribution in [0.2, 0.25) is 14.4 Å². The second kappa shape index (κ2) is 11.0. The molecule has 0 unspecified atom stereocenters. The van der Waals surface area contributed by atoms with Crippen molar-refractivity contribution in [3.05, 3.63) is 122 Å². The van der Waals surface area contributed by atoms with Gasteiger partial charge in [-0.2, -0.15) is 0 Å². The minimum Gasteiger partial charge on any atom is -0.478 e. The molecule has 0 aliphatic rings. The molecule has 37 heavy (non-hydrogen) atoms. The lowest BCUT2D eigenvalue weighted by Gasteiger charge is -2.06. The zero-order valence-corrected chi connectivity index (χ0v) is 22.3. The largest absolute Gasteiger partial charge is 0.478 e. The summed E-state index contributed by atoms with van der Waals surface area (Å²) in [6, 6.07) is 24.3. The fourth-order valence-electron chi connectivity index (χ4n) is 3.86. The van der Waals surface area contributed by atoms with Gasteiger partial charge in [-0.05, 0) is 65.2 Å². The van der Waals surface area contributed by atoms with Gasteiger partial charge >= 0.3 is 5.97 Å². The summed E-state index contributed by atoms with van der Waals surface area (Å²) in [6.45, 7) is 0.510. The van der Waals surface area contributed by atoms with Crippen molar-refractivity contribution in [2.75, 3.05) is 0 Å². The van der Waals surface area contributed by atoms with Crippen molar-refractivity contribution < 1.29 is 9.90 Å². The van der Waals surface area contributed by atoms with Crippen LogP contribution in [0.5, 0.6) is 0 Å². The van der Waals surface area contributed by atoms with E-state index in [9.17, 15) is 9.90 Å². The summed E-state index contributed by atoms with van der Waals surface area (Å²) in [7, 11) is 0. The van der Waals surface area contributed by atoms with E-state index in [-0.39, 0.29) is 5.56 Å². The lowest BCUT2D eigenvalue weighted by Crippen LogP contribution is -2.02. The fourth-order valence-corrected chi connectivity index (χ4v) is 5.42. The number of rotatable bonds is 7. The number of carboxylic acids is 1. The van der Waals surface area contributed by atoms with E-state index >= 15 is 0 Å². The average Bonchev–Trinajstić information content (AvgIpc) is 3.49. The molecule has 4 nitrogen and oxygen atoms in total. The number of nitrogens with zero attached hydrogens (tertiary/aromatic N) is 2. The molecule has 8 heteroatoms. The normalized spacial score (nSPS) is 11.3. The number of imidazole rings is 1. The Morgan fingerprint density at radius 2 is 1.68 bits per heavy atom. The Labute approximate surface area is 233 Å². The minimum absolute atomic E-state index is 0.247. The molecule has 5 aromatic rings. The molecule has 0 aliphatic carbocycles. The maximum absolute atomic E-state index is 11.2. The summed E-state index contributed by atoms with van der Waals surface area (Å²) < 4.78 is 2.77. The summed E-state index contributed by atoms with van der Waals surface area (Å²) in [5.41, 5.74) is 4.83. The first-order valence-electron chi connectivity index (χ1n) is 11.2. The maximum atomic E-state index is 11.2. The fraction of sp³-hybridized carbons (Fsp3) is 0.0345. The molecule has 184 valence electrons. The Kier molecular flexibility index (Phi) is 7.49. The Hall–Kier alpha value is -3.35. The van der Waals surface area contributed by atoms with Gasteiger partial charge in [0.1, 0.15) is 5.82 Å². The topological polar surface area (TPSA) is 55.1 Å². The zero-order chi connectivity index (χ0) is 25.9. The van der Waals surface area contributed by atoms with E-state index in [2.05, 4.69) is 12.1 Å². The zero-order valence-electron chi connectivity index (χ0n) is 19.2. The molecule has 0 saturated carbocycles. The van der Waals surface area contributed by atoms with Crippen molar-refractivity contribution in [3.8, 4) is 21.7 Å². The van der Waals surface area contributed by atoms with Crippen molar-refractivity contribution in [1.82, 2.24) is 9.55 Å². The standard InChI is InChI=1S/C29H19Cl3N2O2S/c30-22-10-11-23(24(31)15-22)25-17-34(16-19-3-8-21(9-4-19)29(35)36)28(33-25)14-5-18-1-6-20(7-2-18)26-12-13-27(32)37-26/h1-15,17H,16H2,(H,35,36). The molecular weight excluding hydrogens is 547 g/mol. The highest BCUT2D eigenvalue weighted by atomic mass is 35.5. The molecular formula is C29H19Cl3N2O2S. The maximum Gasteiger partial charge on any atom is 0.335 e. The molecule has 0 radical (unpaired) electrons. The van der Waals surface area contributed by atoms with E-state index in [0.29, 0.717) is 22.3 Å². The van der Waals surface area contributed by atoms with Crippen LogP contribution in [0, 0.1) is 0 Å². The molecule has 0 bridgehead atoms. The van der Waals surface area contributed by atoms with E-state index in [1.54, 1.807) is 47.7 Å². The number of aromatic nitrogens is 2. The van der Waals surface area contributed by atoms with Crippen LogP contribution in [0.3, 0.4) is 0 Å². The third-order valence-electron chi connectivity index (χ3n) is 5.76. The Morgan fingerprint density at radius 3 is 2.32 bits per heavy atom. The van der Waals surface area contributed by atoms with Gasteiger partial charge in [0.15, 0.2) is 0 Å². The molecule has 3 aromatic carbocycles. The van der Waals surface area contributed by atoms with Crippen molar-refractivity contribution in [2.45, 2.75) is 6.54 Å². The summed E-state index contributed by atoms with van der Waals surface area (Å²) in [6.07, 6.45) is 5.89. The van der Waals surface area contributed by atoms with Crippen LogP contribution in [-0.4, -0.2) is 20.6 Å². The number of benzene rings is 3. The van der Waals surface area contributed by atoms with Crippen molar-refractivity contribution >= 4 is 64.3 Å². The highest BCUT2D eigenvalue weighted by molar-refractivity contribution is 7.19. The van der Waals surface area contributed by atoms with Gasteiger partial charge in [-0.1, -0.05) is 77.3 Å². The predicted molar refractivity (Wildman–Crippen MR) is 154 cm³/mol. The first kappa shape index (κ1) is 25.3. The van der Waals surface area contributed by atoms with Crippen LogP contribution in [0.4, 0.5) is 0 Å². The average molecular weight is 566 g/mol. The molecule has 5 rings (SSSR count). The van der Waals surface area contributed by atoms with Crippen molar-refractivity contribution in [3.63, 3.8) is 0 Å². The molecule has 2 aromatic heterocycles. The summed E-state index contributed by atoms with van der Waals surface area (Å²) in [5, 5.41) is 10.3. The molecule has 0 aliphatic heterocycles. The smallest absolute Gasteiger partial charge is 0.335 e. The van der Waals surface area contributed by atoms with Crippen LogP contribution < -0.4 is 0 Å². The van der Waals surface area contributed by atoms with Gasteiger partial charge in [-0.15, -0.1) is 11.3 Å². The van der Waals surface area contributed by atoms with Gasteiger partial charge in [-0.25, -0.2) is 9.78 Å². The van der Waals surface area contributed by atoms with Crippen molar-refractivity contribution in [2.24, 2.45) is 0 Å². The highest BCUT2D eigenvalue weighted by Gasteiger charge is 2.12. The van der Waals surface area contributed by atoms with E-state index in [0.717, 1.165) is 37.3 Å². The van der Waals surface area contributed by atoms with Crippen LogP contribution in [0.1, 0.15) is 27.3 Å². The van der Waals surface area contributed by atoms with Crippen LogP contribution in [0.15, 0.2) is 85.1 Å². The lowest BCUT2D eigenvalue weighted by molar-refractivity contribution is 0.0697. The third-order valence-corrected chi connectivity index (χ3v) is 7.59. The Bertz CT molecular complexity index is 1600. The summed E-state index contributed by atoms with van der Waals surface area (Å²) >= 11 is 20.2. The number of carbonyl (C=O) groups is 1. The second-order valence-corrected chi connectivity index (χ2v) is 10.9. The number of thiophene rings is 1. The first-order chi connectivity index (χ1) is 17.9. The third kappa shape index (κ3) is 5.97. The number of carboxylic acid groups (broad SMARTS) is 1. The van der Waals surface area contributed by atoms with E-state index in [1.807, 2.05) is 53.2 Å². The molecule has 0 saturated heterocycles. The molecule has 0 amide bonds. The number of aromatic carboxylic acids is 1. The van der Waals surface area contributed by atoms with Gasteiger partial charge in [0.05, 0.1) is 20.6 Å². The second-order valence-electron chi connectivity index (χ2n) is 8.30. The summed E-state index contributed by atoms with van der Waals surface area (Å²) in [4.78, 5) is 17.2. The predicted octanol–water partition coefficient (Wildman–Crippen LogP) is 9.16. The monoisotopic (exact) mass is 564 g/mol. The van der Waals surface area contributed by atoms with E-state index in [4.69, 9.17) is 39.8 Å². The van der Waals surface area contributed by atoms with Crippen LogP contribution in [-0.2, 0) is 6.54 Å². The SMILES string of the molecule is O=C(O)c1ccc(Cn2cc(-c3ccc(Cl)cc3Cl)nc2C=Cc2ccc(-c3ccc(Cl)s3)cc2)cc1. The number of hydrogen-bond acceptors (Lipinski definition) is 3. The molecule has 2 heterocycles. The first-order valence-corrected chi connectivity index (χ1v) is 13.2. The molecule has 0 spiro atoms. The molecule has 1 N–H and O–H groups in total. The number of hydrogen-bond donors (Lipinski definition) is 1. The minimum atomic E-state index is -0.953. The van der Waals surface area contributed by atoms with Gasteiger partial charge in [-0.3, -0.25) is 0 Å². The van der Waals surface area contributed by atoms with Gasteiger partial charge in [0, 0.05) is 28.2 Å². The molecule has 0 atom stereocenters. The summed E-state index contributed by atoms with van der Waals surface area (Å²) in [5.74, 6) is -0.219. The highest BCUT2D eigenvalue weighted by Crippen LogP contribution is 2.32. The van der Waals surface area contributed by atoms with E-state index in [1.165, 1.54) is 0 Å². The van der Waals surface area contributed by atoms with E-state index < -0.39 is 5.97 Å². The van der Waals surface area contributed by atoms with Gasteiger partial charge in [0.25, 0.3) is 0 Å².